The number of halogens is 3. The number of benzene rings is 3. The number of imidazole rings is 1. The second-order valence-corrected chi connectivity index (χ2v) is 5.88. The molecule has 6 heteroatoms. The minimum absolute atomic E-state index is 0.267. The van der Waals surface area contributed by atoms with Crippen LogP contribution in [-0.4, -0.2) is 9.97 Å². The van der Waals surface area contributed by atoms with Gasteiger partial charge >= 0.3 is 6.18 Å². The zero-order chi connectivity index (χ0) is 18.1. The molecule has 4 rings (SSSR count). The van der Waals surface area contributed by atoms with Crippen LogP contribution >= 0.6 is 0 Å². The highest BCUT2D eigenvalue weighted by Crippen LogP contribution is 2.31. The van der Waals surface area contributed by atoms with Gasteiger partial charge in [-0.3, -0.25) is 0 Å². The fraction of sp³-hybridized carbons (Fsp3) is 0.0500. The van der Waals surface area contributed by atoms with Crippen molar-refractivity contribution in [3.05, 3.63) is 78.4 Å². The van der Waals surface area contributed by atoms with Gasteiger partial charge in [-0.15, -0.1) is 0 Å². The third-order valence-corrected chi connectivity index (χ3v) is 4.07. The van der Waals surface area contributed by atoms with Gasteiger partial charge < -0.3 is 10.3 Å². The summed E-state index contributed by atoms with van der Waals surface area (Å²) in [6.45, 7) is 0. The molecular weight excluding hydrogens is 339 g/mol. The van der Waals surface area contributed by atoms with Crippen molar-refractivity contribution < 1.29 is 13.2 Å². The average Bonchev–Trinajstić information content (AvgIpc) is 3.04. The van der Waals surface area contributed by atoms with Crippen LogP contribution in [0.2, 0.25) is 0 Å². The van der Waals surface area contributed by atoms with Crippen LogP contribution in [0, 0.1) is 0 Å². The van der Waals surface area contributed by atoms with Gasteiger partial charge in [0.1, 0.15) is 0 Å². The summed E-state index contributed by atoms with van der Waals surface area (Å²) in [6, 6.07) is 21.2. The molecule has 3 aromatic carbocycles. The maximum atomic E-state index is 12.8. The summed E-state index contributed by atoms with van der Waals surface area (Å²) in [4.78, 5) is 7.18. The molecule has 3 nitrogen and oxygen atoms in total. The molecule has 0 aliphatic heterocycles. The van der Waals surface area contributed by atoms with Gasteiger partial charge in [-0.1, -0.05) is 42.5 Å². The first-order valence-corrected chi connectivity index (χ1v) is 7.98. The predicted molar refractivity (Wildman–Crippen MR) is 96.3 cm³/mol. The van der Waals surface area contributed by atoms with Crippen molar-refractivity contribution in [1.82, 2.24) is 9.97 Å². The molecule has 2 N–H and O–H groups in total. The number of rotatable bonds is 3. The maximum Gasteiger partial charge on any atom is 0.416 e. The van der Waals surface area contributed by atoms with Gasteiger partial charge in [-0.05, 0) is 41.5 Å². The van der Waals surface area contributed by atoms with Gasteiger partial charge in [0.05, 0.1) is 16.6 Å². The first-order valence-electron chi connectivity index (χ1n) is 7.98. The molecule has 0 fully saturated rings. The lowest BCUT2D eigenvalue weighted by atomic mass is 10.1. The Morgan fingerprint density at radius 2 is 1.50 bits per heavy atom. The third kappa shape index (κ3) is 3.26. The molecule has 1 heterocycles. The number of anilines is 2. The fourth-order valence-electron chi connectivity index (χ4n) is 2.75. The standard InChI is InChI=1S/C20H14F3N3/c21-20(22,23)15-8-11-17-18(12-15)26-19(25-17)24-16-9-6-14(7-10-16)13-4-2-1-3-5-13/h1-12H,(H2,24,25,26). The summed E-state index contributed by atoms with van der Waals surface area (Å²) in [5.41, 5.74) is 3.08. The molecule has 1 aromatic heterocycles. The van der Waals surface area contributed by atoms with Crippen molar-refractivity contribution in [2.75, 3.05) is 5.32 Å². The van der Waals surface area contributed by atoms with E-state index in [1.54, 1.807) is 0 Å². The van der Waals surface area contributed by atoms with Gasteiger partial charge in [0, 0.05) is 5.69 Å². The van der Waals surface area contributed by atoms with Crippen LogP contribution in [0.4, 0.5) is 24.8 Å². The number of hydrogen-bond acceptors (Lipinski definition) is 2. The van der Waals surface area contributed by atoms with Crippen LogP contribution in [0.15, 0.2) is 72.8 Å². The van der Waals surface area contributed by atoms with E-state index in [9.17, 15) is 13.2 Å². The minimum Gasteiger partial charge on any atom is -0.326 e. The molecule has 26 heavy (non-hydrogen) atoms. The molecule has 0 radical (unpaired) electrons. The molecule has 0 saturated heterocycles. The molecule has 0 unspecified atom stereocenters. The Labute approximate surface area is 147 Å². The molecular formula is C20H14F3N3. The van der Waals surface area contributed by atoms with Gasteiger partial charge in [0.25, 0.3) is 0 Å². The third-order valence-electron chi connectivity index (χ3n) is 4.07. The molecule has 0 aliphatic rings. The van der Waals surface area contributed by atoms with Crippen molar-refractivity contribution in [1.29, 1.82) is 0 Å². The smallest absolute Gasteiger partial charge is 0.326 e. The highest BCUT2D eigenvalue weighted by Gasteiger charge is 2.30. The second-order valence-electron chi connectivity index (χ2n) is 5.88. The summed E-state index contributed by atoms with van der Waals surface area (Å²) in [6.07, 6.45) is -4.38. The quantitative estimate of drug-likeness (QED) is 0.475. The highest BCUT2D eigenvalue weighted by atomic mass is 19.4. The van der Waals surface area contributed by atoms with E-state index in [1.165, 1.54) is 6.07 Å². The summed E-state index contributed by atoms with van der Waals surface area (Å²) in [5, 5.41) is 3.08. The Hall–Kier alpha value is -3.28. The van der Waals surface area contributed by atoms with E-state index >= 15 is 0 Å². The maximum absolute atomic E-state index is 12.8. The Morgan fingerprint density at radius 3 is 2.19 bits per heavy atom. The molecule has 0 spiro atoms. The van der Waals surface area contributed by atoms with Crippen molar-refractivity contribution in [3.63, 3.8) is 0 Å². The van der Waals surface area contributed by atoms with Crippen LogP contribution in [0.3, 0.4) is 0 Å². The first-order chi connectivity index (χ1) is 12.5. The number of hydrogen-bond donors (Lipinski definition) is 2. The van der Waals surface area contributed by atoms with E-state index in [4.69, 9.17) is 0 Å². The molecule has 0 saturated carbocycles. The predicted octanol–water partition coefficient (Wildman–Crippen LogP) is 5.99. The van der Waals surface area contributed by atoms with E-state index in [0.717, 1.165) is 28.9 Å². The highest BCUT2D eigenvalue weighted by molar-refractivity contribution is 5.79. The monoisotopic (exact) mass is 353 g/mol. The van der Waals surface area contributed by atoms with E-state index in [-0.39, 0.29) is 5.52 Å². The van der Waals surface area contributed by atoms with Crippen molar-refractivity contribution in [2.45, 2.75) is 6.18 Å². The SMILES string of the molecule is FC(F)(F)c1ccc2[nH]c(Nc3ccc(-c4ccccc4)cc3)nc2c1. The number of alkyl halides is 3. The first kappa shape index (κ1) is 16.2. The van der Waals surface area contributed by atoms with Gasteiger partial charge in [-0.2, -0.15) is 13.2 Å². The fourth-order valence-corrected chi connectivity index (χ4v) is 2.75. The van der Waals surface area contributed by atoms with E-state index in [1.807, 2.05) is 54.6 Å². The van der Waals surface area contributed by atoms with E-state index in [2.05, 4.69) is 15.3 Å². The molecule has 4 aromatic rings. The summed E-state index contributed by atoms with van der Waals surface area (Å²) >= 11 is 0. The van der Waals surface area contributed by atoms with Gasteiger partial charge in [0.15, 0.2) is 0 Å². The summed E-state index contributed by atoms with van der Waals surface area (Å²) < 4.78 is 38.4. The van der Waals surface area contributed by atoms with Crippen molar-refractivity contribution >= 4 is 22.7 Å². The summed E-state index contributed by atoms with van der Waals surface area (Å²) in [5.74, 6) is 0.395. The van der Waals surface area contributed by atoms with E-state index in [0.29, 0.717) is 11.5 Å². The van der Waals surface area contributed by atoms with Crippen LogP contribution < -0.4 is 5.32 Å². The number of aromatic nitrogens is 2. The largest absolute Gasteiger partial charge is 0.416 e. The van der Waals surface area contributed by atoms with Crippen molar-refractivity contribution in [2.24, 2.45) is 0 Å². The van der Waals surface area contributed by atoms with Gasteiger partial charge in [0.2, 0.25) is 5.95 Å². The molecule has 0 atom stereocenters. The van der Waals surface area contributed by atoms with Crippen LogP contribution in [-0.2, 0) is 6.18 Å². The Kier molecular flexibility index (Phi) is 3.88. The minimum atomic E-state index is -4.38. The normalized spacial score (nSPS) is 11.7. The number of nitrogens with one attached hydrogen (secondary N) is 2. The zero-order valence-corrected chi connectivity index (χ0v) is 13.5. The molecule has 0 amide bonds. The zero-order valence-electron chi connectivity index (χ0n) is 13.5. The number of aromatic amines is 1. The van der Waals surface area contributed by atoms with Crippen LogP contribution in [0.1, 0.15) is 5.56 Å². The lowest BCUT2D eigenvalue weighted by Crippen LogP contribution is -2.04. The van der Waals surface area contributed by atoms with Crippen molar-refractivity contribution in [3.8, 4) is 11.1 Å². The lowest BCUT2D eigenvalue weighted by molar-refractivity contribution is -0.137. The van der Waals surface area contributed by atoms with E-state index < -0.39 is 11.7 Å². The van der Waals surface area contributed by atoms with Crippen LogP contribution in [0.25, 0.3) is 22.2 Å². The number of H-pyrrole nitrogens is 1. The molecule has 0 bridgehead atoms. The summed E-state index contributed by atoms with van der Waals surface area (Å²) in [7, 11) is 0. The number of fused-ring (bicyclic) bond motifs is 1. The Balaban J connectivity index is 1.57. The second kappa shape index (κ2) is 6.22. The average molecular weight is 353 g/mol. The molecule has 130 valence electrons. The van der Waals surface area contributed by atoms with Crippen LogP contribution in [0.5, 0.6) is 0 Å². The topological polar surface area (TPSA) is 40.7 Å². The molecule has 0 aliphatic carbocycles. The Bertz CT molecular complexity index is 1040. The Morgan fingerprint density at radius 1 is 0.808 bits per heavy atom. The van der Waals surface area contributed by atoms with Gasteiger partial charge in [-0.25, -0.2) is 4.98 Å². The number of nitrogens with zero attached hydrogens (tertiary/aromatic N) is 1. The lowest BCUT2D eigenvalue weighted by Gasteiger charge is -2.05.